The molecule has 0 aliphatic rings. The molecule has 1 unspecified atom stereocenters. The molecule has 0 amide bonds. The Balaban J connectivity index is 2.17. The molecule has 0 heterocycles. The number of phenols is 2. The van der Waals surface area contributed by atoms with Crippen molar-refractivity contribution in [1.82, 2.24) is 0 Å². The van der Waals surface area contributed by atoms with E-state index >= 15 is 0 Å². The van der Waals surface area contributed by atoms with Gasteiger partial charge in [0.2, 0.25) is 0 Å². The molecule has 0 aliphatic heterocycles. The first-order valence-electron chi connectivity index (χ1n) is 5.93. The highest BCUT2D eigenvalue weighted by atomic mass is 79.9. The minimum Gasteiger partial charge on any atom is -0.507 e. The smallest absolute Gasteiger partial charge is 0.129 e. The van der Waals surface area contributed by atoms with E-state index in [1.165, 1.54) is 0 Å². The molecule has 0 saturated heterocycles. The van der Waals surface area contributed by atoms with Gasteiger partial charge in [0.15, 0.2) is 0 Å². The molecule has 0 spiro atoms. The number of rotatable bonds is 3. The van der Waals surface area contributed by atoms with Crippen LogP contribution in [0.25, 0.3) is 0 Å². The Labute approximate surface area is 129 Å². The number of hydrogen-bond acceptors (Lipinski definition) is 2. The van der Waals surface area contributed by atoms with Crippen LogP contribution in [-0.4, -0.2) is 10.2 Å². The van der Waals surface area contributed by atoms with Gasteiger partial charge in [-0.2, -0.15) is 0 Å². The highest BCUT2D eigenvalue weighted by Gasteiger charge is 2.10. The fourth-order valence-electron chi connectivity index (χ4n) is 1.98. The predicted molar refractivity (Wildman–Crippen MR) is 83.7 cm³/mol. The molecule has 4 heteroatoms. The minimum atomic E-state index is 0.253. The molecule has 2 aromatic rings. The molecule has 100 valence electrons. The monoisotopic (exact) mass is 384 g/mol. The van der Waals surface area contributed by atoms with Crippen molar-refractivity contribution in [3.63, 3.8) is 0 Å². The summed E-state index contributed by atoms with van der Waals surface area (Å²) in [7, 11) is 0. The molecule has 2 N–H and O–H groups in total. The van der Waals surface area contributed by atoms with E-state index in [0.717, 1.165) is 17.5 Å². The second-order valence-corrected chi connectivity index (χ2v) is 6.31. The number of aromatic hydroxyl groups is 2. The van der Waals surface area contributed by atoms with Gasteiger partial charge >= 0.3 is 0 Å². The van der Waals surface area contributed by atoms with Gasteiger partial charge in [0.1, 0.15) is 11.5 Å². The molecule has 19 heavy (non-hydrogen) atoms. The largest absolute Gasteiger partial charge is 0.507 e. The zero-order valence-corrected chi connectivity index (χ0v) is 13.6. The summed E-state index contributed by atoms with van der Waals surface area (Å²) in [4.78, 5) is 0. The Morgan fingerprint density at radius 1 is 0.947 bits per heavy atom. The molecule has 0 radical (unpaired) electrons. The predicted octanol–water partition coefficient (Wildman–Crippen LogP) is 4.97. The Bertz CT molecular complexity index is 597. The van der Waals surface area contributed by atoms with Crippen LogP contribution in [0.5, 0.6) is 11.5 Å². The normalized spacial score (nSPS) is 12.4. The fourth-order valence-corrected chi connectivity index (χ4v) is 2.80. The van der Waals surface area contributed by atoms with E-state index < -0.39 is 0 Å². The molecule has 0 saturated carbocycles. The first-order valence-corrected chi connectivity index (χ1v) is 7.52. The van der Waals surface area contributed by atoms with Crippen LogP contribution in [-0.2, 0) is 6.42 Å². The summed E-state index contributed by atoms with van der Waals surface area (Å²) in [6.07, 6.45) is 0.871. The van der Waals surface area contributed by atoms with Crippen LogP contribution in [0.2, 0.25) is 0 Å². The molecule has 0 fully saturated rings. The fraction of sp³-hybridized carbons (Fsp3) is 0.200. The lowest BCUT2D eigenvalue weighted by molar-refractivity contribution is 0.470. The van der Waals surface area contributed by atoms with Crippen molar-refractivity contribution in [2.75, 3.05) is 0 Å². The van der Waals surface area contributed by atoms with E-state index in [0.29, 0.717) is 14.9 Å². The highest BCUT2D eigenvalue weighted by Crippen LogP contribution is 2.31. The molecule has 2 aromatic carbocycles. The van der Waals surface area contributed by atoms with Crippen LogP contribution in [0.4, 0.5) is 0 Å². The highest BCUT2D eigenvalue weighted by molar-refractivity contribution is 9.10. The van der Waals surface area contributed by atoms with Crippen molar-refractivity contribution in [3.05, 3.63) is 56.5 Å². The average Bonchev–Trinajstić information content (AvgIpc) is 2.37. The second kappa shape index (κ2) is 5.97. The van der Waals surface area contributed by atoms with E-state index in [-0.39, 0.29) is 11.5 Å². The second-order valence-electron chi connectivity index (χ2n) is 4.60. The van der Waals surface area contributed by atoms with Crippen molar-refractivity contribution in [1.29, 1.82) is 0 Å². The zero-order chi connectivity index (χ0) is 14.0. The van der Waals surface area contributed by atoms with Crippen LogP contribution >= 0.6 is 31.9 Å². The van der Waals surface area contributed by atoms with Gasteiger partial charge in [0.05, 0.1) is 8.95 Å². The Morgan fingerprint density at radius 3 is 2.11 bits per heavy atom. The molecule has 0 aliphatic carbocycles. The third-order valence-electron chi connectivity index (χ3n) is 3.09. The number of halogens is 2. The van der Waals surface area contributed by atoms with Crippen LogP contribution in [0.1, 0.15) is 24.0 Å². The van der Waals surface area contributed by atoms with Crippen LogP contribution in [0.3, 0.4) is 0 Å². The van der Waals surface area contributed by atoms with Gasteiger partial charge < -0.3 is 10.2 Å². The maximum Gasteiger partial charge on any atom is 0.129 e. The Hall–Kier alpha value is -1.00. The Kier molecular flexibility index (Phi) is 4.53. The Morgan fingerprint density at radius 2 is 1.53 bits per heavy atom. The van der Waals surface area contributed by atoms with Crippen molar-refractivity contribution in [3.8, 4) is 11.5 Å². The molecule has 2 nitrogen and oxygen atoms in total. The average molecular weight is 386 g/mol. The van der Waals surface area contributed by atoms with Gasteiger partial charge in [0, 0.05) is 0 Å². The number of phenolic OH excluding ortho intramolecular Hbond substituents is 2. The van der Waals surface area contributed by atoms with Crippen LogP contribution in [0.15, 0.2) is 45.3 Å². The summed E-state index contributed by atoms with van der Waals surface area (Å²) in [6.45, 7) is 2.14. The minimum absolute atomic E-state index is 0.253. The van der Waals surface area contributed by atoms with Gasteiger partial charge in [0.25, 0.3) is 0 Å². The van der Waals surface area contributed by atoms with E-state index in [1.807, 2.05) is 24.3 Å². The van der Waals surface area contributed by atoms with Crippen LogP contribution in [0, 0.1) is 0 Å². The SMILES string of the molecule is CC(Cc1ccc(O)c(Br)c1)c1ccc(O)c(Br)c1. The molecule has 2 rings (SSSR count). The van der Waals surface area contributed by atoms with E-state index in [9.17, 15) is 10.2 Å². The summed E-state index contributed by atoms with van der Waals surface area (Å²) in [5.41, 5.74) is 2.32. The number of benzene rings is 2. The van der Waals surface area contributed by atoms with Gasteiger partial charge in [-0.25, -0.2) is 0 Å². The third kappa shape index (κ3) is 3.51. The molecule has 0 aromatic heterocycles. The number of hydrogen-bond donors (Lipinski definition) is 2. The standard InChI is InChI=1S/C15H14Br2O2/c1-9(11-3-5-15(19)13(17)8-11)6-10-2-4-14(18)12(16)7-10/h2-5,7-9,18-19H,6H2,1H3. The summed E-state index contributed by atoms with van der Waals surface area (Å²) in [6, 6.07) is 11.1. The lowest BCUT2D eigenvalue weighted by Crippen LogP contribution is -1.98. The quantitative estimate of drug-likeness (QED) is 0.782. The maximum atomic E-state index is 9.50. The summed E-state index contributed by atoms with van der Waals surface area (Å²) in [5, 5.41) is 19.0. The van der Waals surface area contributed by atoms with E-state index in [2.05, 4.69) is 38.8 Å². The lowest BCUT2D eigenvalue weighted by atomic mass is 9.94. The van der Waals surface area contributed by atoms with Crippen molar-refractivity contribution in [2.24, 2.45) is 0 Å². The summed E-state index contributed by atoms with van der Waals surface area (Å²) in [5.74, 6) is 0.834. The molecule has 1 atom stereocenters. The van der Waals surface area contributed by atoms with Gasteiger partial charge in [-0.05, 0) is 79.6 Å². The molecule has 0 bridgehead atoms. The van der Waals surface area contributed by atoms with Gasteiger partial charge in [-0.1, -0.05) is 19.1 Å². The zero-order valence-electron chi connectivity index (χ0n) is 10.4. The first kappa shape index (κ1) is 14.4. The maximum absolute atomic E-state index is 9.50. The van der Waals surface area contributed by atoms with E-state index in [4.69, 9.17) is 0 Å². The van der Waals surface area contributed by atoms with Crippen LogP contribution < -0.4 is 0 Å². The van der Waals surface area contributed by atoms with Gasteiger partial charge in [-0.3, -0.25) is 0 Å². The van der Waals surface area contributed by atoms with E-state index in [1.54, 1.807) is 12.1 Å². The van der Waals surface area contributed by atoms with Gasteiger partial charge in [-0.15, -0.1) is 0 Å². The summed E-state index contributed by atoms with van der Waals surface area (Å²) < 4.78 is 1.42. The first-order chi connectivity index (χ1) is 8.97. The summed E-state index contributed by atoms with van der Waals surface area (Å²) >= 11 is 6.65. The topological polar surface area (TPSA) is 40.5 Å². The third-order valence-corrected chi connectivity index (χ3v) is 4.37. The molecular formula is C15H14Br2O2. The van der Waals surface area contributed by atoms with Crippen molar-refractivity contribution in [2.45, 2.75) is 19.3 Å². The van der Waals surface area contributed by atoms with Crippen molar-refractivity contribution < 1.29 is 10.2 Å². The van der Waals surface area contributed by atoms with Crippen molar-refractivity contribution >= 4 is 31.9 Å². The molecular weight excluding hydrogens is 372 g/mol. The lowest BCUT2D eigenvalue weighted by Gasteiger charge is -2.13.